The maximum Gasteiger partial charge on any atom is 0.267 e. The van der Waals surface area contributed by atoms with E-state index in [9.17, 15) is 9.59 Å². The van der Waals surface area contributed by atoms with Gasteiger partial charge in [-0.1, -0.05) is 49.4 Å². The van der Waals surface area contributed by atoms with Gasteiger partial charge >= 0.3 is 0 Å². The molecule has 0 N–H and O–H groups in total. The summed E-state index contributed by atoms with van der Waals surface area (Å²) in [6.45, 7) is 7.07. The van der Waals surface area contributed by atoms with Gasteiger partial charge in [0.25, 0.3) is 5.91 Å². The van der Waals surface area contributed by atoms with E-state index in [0.29, 0.717) is 29.2 Å². The number of benzene rings is 2. The van der Waals surface area contributed by atoms with Crippen LogP contribution in [0, 0.1) is 0 Å². The summed E-state index contributed by atoms with van der Waals surface area (Å²) in [6.07, 6.45) is 1.27. The number of likely N-dealkylation sites (N-methyl/N-ethyl adjacent to an activating group) is 1. The average Bonchev–Trinajstić information content (AvgIpc) is 3.21. The third-order valence-corrected chi connectivity index (χ3v) is 6.26. The zero-order chi connectivity index (χ0) is 21.1. The first-order chi connectivity index (χ1) is 14.6. The maximum absolute atomic E-state index is 13.5. The van der Waals surface area contributed by atoms with Gasteiger partial charge in [-0.3, -0.25) is 14.5 Å². The zero-order valence-electron chi connectivity index (χ0n) is 17.0. The lowest BCUT2D eigenvalue weighted by Crippen LogP contribution is -2.40. The van der Waals surface area contributed by atoms with Crippen LogP contribution in [0.3, 0.4) is 0 Å². The first kappa shape index (κ1) is 20.3. The lowest BCUT2D eigenvalue weighted by atomic mass is 10.1. The quantitative estimate of drug-likeness (QED) is 0.443. The molecule has 0 aliphatic heterocycles. The predicted octanol–water partition coefficient (Wildman–Crippen LogP) is 4.39. The summed E-state index contributed by atoms with van der Waals surface area (Å²) in [5, 5.41) is 0.984. The summed E-state index contributed by atoms with van der Waals surface area (Å²) in [6, 6.07) is 14.7. The fourth-order valence-corrected chi connectivity index (χ4v) is 4.40. The van der Waals surface area contributed by atoms with Gasteiger partial charge in [-0.15, -0.1) is 0 Å². The molecule has 6 nitrogen and oxygen atoms in total. The third-order valence-electron chi connectivity index (χ3n) is 5.20. The van der Waals surface area contributed by atoms with Crippen molar-refractivity contribution in [1.29, 1.82) is 0 Å². The van der Waals surface area contributed by atoms with Crippen molar-refractivity contribution in [3.63, 3.8) is 0 Å². The first-order valence-corrected chi connectivity index (χ1v) is 10.8. The van der Waals surface area contributed by atoms with Crippen LogP contribution in [-0.4, -0.2) is 42.0 Å². The summed E-state index contributed by atoms with van der Waals surface area (Å²) in [5.41, 5.74) is 1.00. The van der Waals surface area contributed by atoms with E-state index in [1.165, 1.54) is 17.6 Å². The summed E-state index contributed by atoms with van der Waals surface area (Å²) in [4.78, 5) is 35.0. The van der Waals surface area contributed by atoms with Crippen molar-refractivity contribution in [2.24, 2.45) is 0 Å². The molecule has 0 atom stereocenters. The molecule has 0 aliphatic carbocycles. The van der Waals surface area contributed by atoms with E-state index in [-0.39, 0.29) is 16.9 Å². The Hall–Kier alpha value is -3.03. The lowest BCUT2D eigenvalue weighted by Gasteiger charge is -2.24. The van der Waals surface area contributed by atoms with E-state index in [4.69, 9.17) is 4.42 Å². The number of carbonyl (C=O) groups is 1. The van der Waals surface area contributed by atoms with Crippen LogP contribution >= 0.6 is 11.3 Å². The molecule has 7 heteroatoms. The van der Waals surface area contributed by atoms with Gasteiger partial charge in [0.05, 0.1) is 15.6 Å². The fraction of sp³-hybridized carbons (Fsp3) is 0.261. The second-order valence-corrected chi connectivity index (χ2v) is 7.93. The normalized spacial score (nSPS) is 11.4. The van der Waals surface area contributed by atoms with Crippen LogP contribution < -0.4 is 10.3 Å². The number of aromatic nitrogens is 1. The second kappa shape index (κ2) is 8.77. The number of thiazole rings is 1. The molecule has 0 unspecified atom stereocenters. The van der Waals surface area contributed by atoms with Crippen molar-refractivity contribution in [1.82, 2.24) is 9.88 Å². The Labute approximate surface area is 178 Å². The van der Waals surface area contributed by atoms with Crippen molar-refractivity contribution in [3.8, 4) is 0 Å². The highest BCUT2D eigenvalue weighted by molar-refractivity contribution is 7.22. The first-order valence-electron chi connectivity index (χ1n) is 10.0. The number of hydrogen-bond donors (Lipinski definition) is 0. The highest BCUT2D eigenvalue weighted by Gasteiger charge is 2.25. The largest absolute Gasteiger partial charge is 0.463 e. The van der Waals surface area contributed by atoms with E-state index in [1.54, 1.807) is 29.2 Å². The number of anilines is 1. The maximum atomic E-state index is 13.5. The molecule has 4 aromatic rings. The van der Waals surface area contributed by atoms with Gasteiger partial charge in [0.2, 0.25) is 5.43 Å². The number of para-hydroxylation sites is 2. The predicted molar refractivity (Wildman–Crippen MR) is 122 cm³/mol. The van der Waals surface area contributed by atoms with Crippen LogP contribution in [-0.2, 0) is 0 Å². The highest BCUT2D eigenvalue weighted by atomic mass is 32.1. The Morgan fingerprint density at radius 1 is 1.03 bits per heavy atom. The Kier molecular flexibility index (Phi) is 5.92. The molecule has 2 heterocycles. The van der Waals surface area contributed by atoms with Crippen LogP contribution in [0.5, 0.6) is 0 Å². The molecule has 0 saturated carbocycles. The molecule has 30 heavy (non-hydrogen) atoms. The van der Waals surface area contributed by atoms with Gasteiger partial charge in [-0.25, -0.2) is 4.98 Å². The minimum absolute atomic E-state index is 0.0208. The Balaban J connectivity index is 1.75. The van der Waals surface area contributed by atoms with Crippen molar-refractivity contribution >= 4 is 43.6 Å². The number of nitrogens with zero attached hydrogens (tertiary/aromatic N) is 3. The number of fused-ring (bicyclic) bond motifs is 2. The molecule has 1 amide bonds. The third kappa shape index (κ3) is 3.86. The second-order valence-electron chi connectivity index (χ2n) is 6.92. The molecule has 154 valence electrons. The fourth-order valence-electron chi connectivity index (χ4n) is 3.41. The van der Waals surface area contributed by atoms with Crippen LogP contribution in [0.15, 0.2) is 64.0 Å². The number of hydrogen-bond acceptors (Lipinski definition) is 6. The summed E-state index contributed by atoms with van der Waals surface area (Å²) >= 11 is 1.45. The van der Waals surface area contributed by atoms with Crippen molar-refractivity contribution in [3.05, 3.63) is 70.6 Å². The Morgan fingerprint density at radius 3 is 2.53 bits per heavy atom. The molecule has 2 aromatic carbocycles. The summed E-state index contributed by atoms with van der Waals surface area (Å²) < 4.78 is 6.58. The van der Waals surface area contributed by atoms with Gasteiger partial charge in [-0.05, 0) is 37.4 Å². The molecule has 0 fully saturated rings. The molecular weight excluding hydrogens is 398 g/mol. The molecule has 0 saturated heterocycles. The van der Waals surface area contributed by atoms with E-state index in [0.717, 1.165) is 23.3 Å². The van der Waals surface area contributed by atoms with E-state index < -0.39 is 0 Å². The van der Waals surface area contributed by atoms with Crippen LogP contribution in [0.2, 0.25) is 0 Å². The monoisotopic (exact) mass is 421 g/mol. The molecular formula is C23H23N3O3S. The molecule has 0 spiro atoms. The number of rotatable bonds is 7. The summed E-state index contributed by atoms with van der Waals surface area (Å²) in [7, 11) is 0. The highest BCUT2D eigenvalue weighted by Crippen LogP contribution is 2.29. The van der Waals surface area contributed by atoms with Crippen LogP contribution in [0.4, 0.5) is 5.13 Å². The van der Waals surface area contributed by atoms with E-state index in [2.05, 4.69) is 23.7 Å². The van der Waals surface area contributed by atoms with Gasteiger partial charge < -0.3 is 9.32 Å². The topological polar surface area (TPSA) is 66.7 Å². The average molecular weight is 422 g/mol. The number of carbonyl (C=O) groups excluding carboxylic acids is 1. The molecule has 2 aromatic heterocycles. The van der Waals surface area contributed by atoms with Crippen molar-refractivity contribution in [2.45, 2.75) is 13.8 Å². The van der Waals surface area contributed by atoms with Crippen molar-refractivity contribution < 1.29 is 9.21 Å². The van der Waals surface area contributed by atoms with Crippen molar-refractivity contribution in [2.75, 3.05) is 31.1 Å². The van der Waals surface area contributed by atoms with Gasteiger partial charge in [0.15, 0.2) is 5.13 Å². The number of amides is 1. The SMILES string of the molecule is CCN(CC)CCN(C(=O)c1coc2ccccc2c1=O)c1nc2ccccc2s1. The molecule has 0 bridgehead atoms. The van der Waals surface area contributed by atoms with Gasteiger partial charge in [0, 0.05) is 13.1 Å². The Bertz CT molecular complexity index is 1210. The van der Waals surface area contributed by atoms with Gasteiger partial charge in [-0.2, -0.15) is 0 Å². The standard InChI is InChI=1S/C23H23N3O3S/c1-3-25(4-2)13-14-26(23-24-18-10-6-8-12-20(18)30-23)22(28)17-15-29-19-11-7-5-9-16(19)21(17)27/h5-12,15H,3-4,13-14H2,1-2H3. The smallest absolute Gasteiger partial charge is 0.267 e. The lowest BCUT2D eigenvalue weighted by molar-refractivity contribution is 0.0981. The van der Waals surface area contributed by atoms with Gasteiger partial charge in [0.1, 0.15) is 17.4 Å². The minimum Gasteiger partial charge on any atom is -0.463 e. The molecule has 0 radical (unpaired) electrons. The van der Waals surface area contributed by atoms with E-state index >= 15 is 0 Å². The molecule has 0 aliphatic rings. The summed E-state index contributed by atoms with van der Waals surface area (Å²) in [5.74, 6) is -0.388. The van der Waals surface area contributed by atoms with Crippen LogP contribution in [0.1, 0.15) is 24.2 Å². The Morgan fingerprint density at radius 2 is 1.77 bits per heavy atom. The zero-order valence-corrected chi connectivity index (χ0v) is 17.8. The molecule has 4 rings (SSSR count). The minimum atomic E-state index is -0.388. The van der Waals surface area contributed by atoms with Crippen LogP contribution in [0.25, 0.3) is 21.2 Å². The van der Waals surface area contributed by atoms with E-state index in [1.807, 2.05) is 24.3 Å².